The first kappa shape index (κ1) is 16.7. The van der Waals surface area contributed by atoms with Crippen molar-refractivity contribution < 1.29 is 14.4 Å². The topological polar surface area (TPSA) is 54.5 Å². The highest BCUT2D eigenvalue weighted by atomic mass is 32.1. The molecule has 0 aliphatic carbocycles. The molecule has 1 heterocycles. The van der Waals surface area contributed by atoms with Crippen LogP contribution >= 0.6 is 12.6 Å². The lowest BCUT2D eigenvalue weighted by Gasteiger charge is -2.13. The Morgan fingerprint density at radius 2 is 1.50 bits per heavy atom. The first-order valence-corrected chi connectivity index (χ1v) is 8.36. The molecule has 0 saturated carbocycles. The van der Waals surface area contributed by atoms with Gasteiger partial charge in [0.15, 0.2) is 0 Å². The third-order valence-electron chi connectivity index (χ3n) is 3.83. The predicted molar refractivity (Wildman–Crippen MR) is 88.4 cm³/mol. The van der Waals surface area contributed by atoms with E-state index in [0.717, 1.165) is 31.4 Å². The van der Waals surface area contributed by atoms with E-state index in [2.05, 4.69) is 12.6 Å². The van der Waals surface area contributed by atoms with Gasteiger partial charge in [0.25, 0.3) is 11.8 Å². The number of hydrogen-bond acceptors (Lipinski definition) is 4. The second kappa shape index (κ2) is 8.13. The number of imide groups is 1. The SMILES string of the molecule is O=C(CCCS)CCCCCN1C(=O)c2ccccc2C1=O. The average Bonchev–Trinajstić information content (AvgIpc) is 2.77. The number of ketones is 1. The monoisotopic (exact) mass is 319 g/mol. The number of rotatable bonds is 9. The van der Waals surface area contributed by atoms with Gasteiger partial charge in [-0.2, -0.15) is 12.6 Å². The van der Waals surface area contributed by atoms with Crippen molar-refractivity contribution in [2.45, 2.75) is 38.5 Å². The number of carbonyl (C=O) groups excluding carboxylic acids is 3. The third kappa shape index (κ3) is 3.97. The summed E-state index contributed by atoms with van der Waals surface area (Å²) >= 11 is 4.09. The Hall–Kier alpha value is -1.62. The van der Waals surface area contributed by atoms with Crippen molar-refractivity contribution in [2.24, 2.45) is 0 Å². The largest absolute Gasteiger partial charge is 0.300 e. The Morgan fingerprint density at radius 3 is 2.09 bits per heavy atom. The molecule has 1 aliphatic rings. The van der Waals surface area contributed by atoms with Gasteiger partial charge < -0.3 is 0 Å². The zero-order chi connectivity index (χ0) is 15.9. The standard InChI is InChI=1S/C17H21NO3S/c19-13(8-6-12-22)7-2-1-5-11-18-16(20)14-9-3-4-10-15(14)17(18)21/h3-4,9-10,22H,1-2,5-8,11-12H2. The van der Waals surface area contributed by atoms with E-state index in [9.17, 15) is 14.4 Å². The van der Waals surface area contributed by atoms with Gasteiger partial charge >= 0.3 is 0 Å². The lowest BCUT2D eigenvalue weighted by molar-refractivity contribution is -0.119. The molecule has 118 valence electrons. The van der Waals surface area contributed by atoms with E-state index in [-0.39, 0.29) is 17.6 Å². The Balaban J connectivity index is 1.72. The van der Waals surface area contributed by atoms with E-state index in [1.54, 1.807) is 24.3 Å². The summed E-state index contributed by atoms with van der Waals surface area (Å²) in [6, 6.07) is 6.92. The van der Waals surface area contributed by atoms with Gasteiger partial charge in [0, 0.05) is 19.4 Å². The molecule has 0 aromatic heterocycles. The molecule has 0 bridgehead atoms. The van der Waals surface area contributed by atoms with Crippen LogP contribution in [0.3, 0.4) is 0 Å². The highest BCUT2D eigenvalue weighted by molar-refractivity contribution is 7.80. The van der Waals surface area contributed by atoms with Crippen molar-refractivity contribution in [1.29, 1.82) is 0 Å². The Bertz CT molecular complexity index is 536. The van der Waals surface area contributed by atoms with Gasteiger partial charge in [-0.3, -0.25) is 19.3 Å². The summed E-state index contributed by atoms with van der Waals surface area (Å²) in [6.07, 6.45) is 4.41. The maximum Gasteiger partial charge on any atom is 0.261 e. The summed E-state index contributed by atoms with van der Waals surface area (Å²) in [5, 5.41) is 0. The van der Waals surface area contributed by atoms with Crippen LogP contribution in [0.25, 0.3) is 0 Å². The maximum atomic E-state index is 12.1. The van der Waals surface area contributed by atoms with E-state index in [1.807, 2.05) is 0 Å². The van der Waals surface area contributed by atoms with Crippen molar-refractivity contribution in [3.05, 3.63) is 35.4 Å². The van der Waals surface area contributed by atoms with Crippen molar-refractivity contribution in [2.75, 3.05) is 12.3 Å². The highest BCUT2D eigenvalue weighted by Crippen LogP contribution is 2.22. The van der Waals surface area contributed by atoms with Crippen LogP contribution in [0.2, 0.25) is 0 Å². The summed E-state index contributed by atoms with van der Waals surface area (Å²) in [5.41, 5.74) is 0.990. The summed E-state index contributed by atoms with van der Waals surface area (Å²) in [7, 11) is 0. The van der Waals surface area contributed by atoms with Crippen LogP contribution in [0.5, 0.6) is 0 Å². The number of nitrogens with zero attached hydrogens (tertiary/aromatic N) is 1. The van der Waals surface area contributed by atoms with Crippen molar-refractivity contribution in [3.8, 4) is 0 Å². The molecule has 5 heteroatoms. The smallest absolute Gasteiger partial charge is 0.261 e. The number of unbranched alkanes of at least 4 members (excludes halogenated alkanes) is 2. The number of benzene rings is 1. The Kier molecular flexibility index (Phi) is 6.19. The molecule has 4 nitrogen and oxygen atoms in total. The minimum absolute atomic E-state index is 0.203. The van der Waals surface area contributed by atoms with Crippen LogP contribution < -0.4 is 0 Å². The minimum atomic E-state index is -0.203. The molecule has 0 N–H and O–H groups in total. The van der Waals surface area contributed by atoms with E-state index in [0.29, 0.717) is 30.5 Å². The van der Waals surface area contributed by atoms with E-state index >= 15 is 0 Å². The molecule has 0 atom stereocenters. The summed E-state index contributed by atoms with van der Waals surface area (Å²) in [5.74, 6) is 0.608. The molecule has 2 rings (SSSR count). The van der Waals surface area contributed by atoms with E-state index in [4.69, 9.17) is 0 Å². The van der Waals surface area contributed by atoms with Crippen LogP contribution in [0.1, 0.15) is 59.2 Å². The summed E-state index contributed by atoms with van der Waals surface area (Å²) < 4.78 is 0. The first-order chi connectivity index (χ1) is 10.6. The minimum Gasteiger partial charge on any atom is -0.300 e. The van der Waals surface area contributed by atoms with Gasteiger partial charge in [-0.1, -0.05) is 18.6 Å². The number of hydrogen-bond donors (Lipinski definition) is 1. The Labute approximate surface area is 136 Å². The summed E-state index contributed by atoms with van der Waals surface area (Å²) in [6.45, 7) is 0.428. The first-order valence-electron chi connectivity index (χ1n) is 7.73. The van der Waals surface area contributed by atoms with Crippen LogP contribution in [-0.4, -0.2) is 34.8 Å². The maximum absolute atomic E-state index is 12.1. The normalized spacial score (nSPS) is 13.6. The van der Waals surface area contributed by atoms with Gasteiger partial charge in [-0.05, 0) is 37.1 Å². The molecule has 0 saturated heterocycles. The number of fused-ring (bicyclic) bond motifs is 1. The summed E-state index contributed by atoms with van der Waals surface area (Å²) in [4.78, 5) is 37.1. The van der Waals surface area contributed by atoms with Crippen LogP contribution in [0.15, 0.2) is 24.3 Å². The zero-order valence-electron chi connectivity index (χ0n) is 12.6. The van der Waals surface area contributed by atoms with Crippen molar-refractivity contribution in [3.63, 3.8) is 0 Å². The number of thiol groups is 1. The van der Waals surface area contributed by atoms with E-state index in [1.165, 1.54) is 4.90 Å². The van der Waals surface area contributed by atoms with Crippen LogP contribution in [0, 0.1) is 0 Å². The lowest BCUT2D eigenvalue weighted by atomic mass is 10.1. The molecule has 1 aromatic rings. The number of Topliss-reactive ketones (excluding diaryl/α,β-unsaturated/α-hetero) is 1. The van der Waals surface area contributed by atoms with Crippen LogP contribution in [-0.2, 0) is 4.79 Å². The second-order valence-corrected chi connectivity index (χ2v) is 5.93. The molecule has 1 aromatic carbocycles. The molecule has 0 spiro atoms. The fraction of sp³-hybridized carbons (Fsp3) is 0.471. The van der Waals surface area contributed by atoms with Gasteiger partial charge in [0.2, 0.25) is 0 Å². The molecule has 0 unspecified atom stereocenters. The molecule has 22 heavy (non-hydrogen) atoms. The van der Waals surface area contributed by atoms with Crippen molar-refractivity contribution >= 4 is 30.2 Å². The van der Waals surface area contributed by atoms with Gasteiger partial charge in [0.1, 0.15) is 5.78 Å². The predicted octanol–water partition coefficient (Wildman–Crippen LogP) is 3.12. The molecular formula is C17H21NO3S. The fourth-order valence-electron chi connectivity index (χ4n) is 2.61. The van der Waals surface area contributed by atoms with Gasteiger partial charge in [-0.15, -0.1) is 0 Å². The molecule has 1 aliphatic heterocycles. The van der Waals surface area contributed by atoms with Gasteiger partial charge in [0.05, 0.1) is 11.1 Å². The molecular weight excluding hydrogens is 298 g/mol. The zero-order valence-corrected chi connectivity index (χ0v) is 13.5. The van der Waals surface area contributed by atoms with Crippen molar-refractivity contribution in [1.82, 2.24) is 4.90 Å². The molecule has 2 amide bonds. The average molecular weight is 319 g/mol. The molecule has 0 radical (unpaired) electrons. The van der Waals surface area contributed by atoms with Gasteiger partial charge in [-0.25, -0.2) is 0 Å². The fourth-order valence-corrected chi connectivity index (χ4v) is 2.77. The quantitative estimate of drug-likeness (QED) is 0.432. The Morgan fingerprint density at radius 1 is 0.909 bits per heavy atom. The third-order valence-corrected chi connectivity index (χ3v) is 4.15. The molecule has 0 fully saturated rings. The lowest BCUT2D eigenvalue weighted by Crippen LogP contribution is -2.30. The highest BCUT2D eigenvalue weighted by Gasteiger charge is 2.34. The van der Waals surface area contributed by atoms with E-state index < -0.39 is 0 Å². The second-order valence-electron chi connectivity index (χ2n) is 5.48. The number of carbonyl (C=O) groups is 3. The van der Waals surface area contributed by atoms with Crippen LogP contribution in [0.4, 0.5) is 0 Å². The number of amides is 2.